The van der Waals surface area contributed by atoms with Crippen LogP contribution < -0.4 is 36.2 Å². The molecule has 9 heteroatoms. The predicted molar refractivity (Wildman–Crippen MR) is 168 cm³/mol. The van der Waals surface area contributed by atoms with Crippen molar-refractivity contribution in [1.29, 1.82) is 0 Å². The van der Waals surface area contributed by atoms with E-state index in [2.05, 4.69) is 20.4 Å². The summed E-state index contributed by atoms with van der Waals surface area (Å²) in [5, 5.41) is 17.8. The van der Waals surface area contributed by atoms with Crippen molar-refractivity contribution in [3.8, 4) is 0 Å². The first kappa shape index (κ1) is 30.8. The van der Waals surface area contributed by atoms with Gasteiger partial charge in [-0.2, -0.15) is 5.70 Å². The van der Waals surface area contributed by atoms with Crippen molar-refractivity contribution in [2.24, 2.45) is 17.8 Å². The van der Waals surface area contributed by atoms with E-state index in [9.17, 15) is 14.7 Å². The Morgan fingerprint density at radius 2 is 1.77 bits per heavy atom. The summed E-state index contributed by atoms with van der Waals surface area (Å²) in [5.74, 6) is -1.85. The average Bonchev–Trinajstić information content (AvgIpc) is 3.72. The van der Waals surface area contributed by atoms with Crippen LogP contribution in [0, 0.1) is 31.6 Å². The van der Waals surface area contributed by atoms with Crippen LogP contribution in [0.15, 0.2) is 12.3 Å². The number of aliphatic hydroxyl groups excluding tert-OH is 1. The molecule has 6 rings (SSSR count). The van der Waals surface area contributed by atoms with Crippen LogP contribution in [0.4, 0.5) is 0 Å². The Morgan fingerprint density at radius 3 is 2.40 bits per heavy atom. The van der Waals surface area contributed by atoms with Gasteiger partial charge in [0.25, 0.3) is 0 Å². The predicted octanol–water partition coefficient (Wildman–Crippen LogP) is 1.86. The van der Waals surface area contributed by atoms with Gasteiger partial charge in [-0.25, -0.2) is 0 Å². The van der Waals surface area contributed by atoms with Gasteiger partial charge in [0.2, 0.25) is 0 Å². The number of carbonyl (C=O) groups excluding carboxylic acids is 2. The zero-order valence-corrected chi connectivity index (χ0v) is 26.9. The SMILES string of the molecule is C=Cc1c2[n-]c(c1C)/C=C1/[N-]C(C3=c4[n-]/c(c(C)c4C(=O)[C@@H]3C(=O)OC)=C\c3[n-]c(/c(=C/O)c3CC)=C\2)[C@@H](CC)[C@@H]1C.[Mg+2]. The summed E-state index contributed by atoms with van der Waals surface area (Å²) in [6.07, 6.45) is 10.0. The third-order valence-electron chi connectivity index (χ3n) is 9.33. The molecule has 1 fully saturated rings. The minimum Gasteiger partial charge on any atom is -0.681 e. The van der Waals surface area contributed by atoms with Crippen molar-refractivity contribution in [1.82, 2.24) is 15.0 Å². The van der Waals surface area contributed by atoms with Crippen molar-refractivity contribution < 1.29 is 19.4 Å². The minimum absolute atomic E-state index is 0. The van der Waals surface area contributed by atoms with E-state index in [1.807, 2.05) is 39.0 Å². The first-order valence-electron chi connectivity index (χ1n) is 14.4. The molecule has 0 amide bonds. The molecule has 218 valence electrons. The summed E-state index contributed by atoms with van der Waals surface area (Å²) in [7, 11) is 1.31. The third kappa shape index (κ3) is 4.47. The van der Waals surface area contributed by atoms with E-state index in [4.69, 9.17) is 25.0 Å². The maximum Gasteiger partial charge on any atom is 2.00 e. The maximum atomic E-state index is 13.9. The Balaban J connectivity index is 0.00000368. The Kier molecular flexibility index (Phi) is 8.17. The molecule has 1 saturated heterocycles. The molecule has 8 nitrogen and oxygen atoms in total. The van der Waals surface area contributed by atoms with Crippen LogP contribution >= 0.6 is 0 Å². The number of allylic oxidation sites excluding steroid dienone is 1. The van der Waals surface area contributed by atoms with Gasteiger partial charge in [-0.1, -0.05) is 86.4 Å². The number of ketones is 1. The quantitative estimate of drug-likeness (QED) is 0.281. The van der Waals surface area contributed by atoms with E-state index in [0.29, 0.717) is 55.8 Å². The minimum atomic E-state index is -1.08. The van der Waals surface area contributed by atoms with Gasteiger partial charge < -0.3 is 30.1 Å². The van der Waals surface area contributed by atoms with Crippen LogP contribution in [0.3, 0.4) is 0 Å². The molecule has 1 N–H and O–H groups in total. The van der Waals surface area contributed by atoms with Gasteiger partial charge in [-0.15, -0.1) is 33.1 Å². The van der Waals surface area contributed by atoms with Gasteiger partial charge in [0.15, 0.2) is 5.78 Å². The largest absolute Gasteiger partial charge is 2.00 e. The summed E-state index contributed by atoms with van der Waals surface area (Å²) in [6, 6.07) is -0.411. The Morgan fingerprint density at radius 1 is 1.05 bits per heavy atom. The number of nitrogens with zero attached hydrogens (tertiary/aromatic N) is 4. The number of carbonyl (C=O) groups is 2. The van der Waals surface area contributed by atoms with Gasteiger partial charge in [-0.05, 0) is 42.9 Å². The second-order valence-electron chi connectivity index (χ2n) is 11.3. The van der Waals surface area contributed by atoms with Gasteiger partial charge >= 0.3 is 29.0 Å². The molecule has 5 heterocycles. The van der Waals surface area contributed by atoms with Crippen LogP contribution in [0.2, 0.25) is 0 Å². The van der Waals surface area contributed by atoms with Gasteiger partial charge in [-0.3, -0.25) is 9.59 Å². The first-order valence-corrected chi connectivity index (χ1v) is 14.4. The molecule has 2 aliphatic heterocycles. The van der Waals surface area contributed by atoms with Gasteiger partial charge in [0.05, 0.1) is 13.4 Å². The number of aromatic nitrogens is 3. The molecule has 0 aromatic carbocycles. The van der Waals surface area contributed by atoms with Crippen molar-refractivity contribution in [2.45, 2.75) is 53.5 Å². The zero-order chi connectivity index (χ0) is 30.0. The Hall–Kier alpha value is -3.69. The summed E-state index contributed by atoms with van der Waals surface area (Å²) in [6.45, 7) is 14.1. The number of fused-ring (bicyclic) bond motifs is 8. The monoisotopic (exact) mass is 586 g/mol. The summed E-state index contributed by atoms with van der Waals surface area (Å²) < 4.78 is 5.14. The first-order chi connectivity index (χ1) is 20.2. The van der Waals surface area contributed by atoms with Crippen molar-refractivity contribution >= 4 is 70.9 Å². The molecule has 1 unspecified atom stereocenters. The fourth-order valence-electron chi connectivity index (χ4n) is 7.02. The summed E-state index contributed by atoms with van der Waals surface area (Å²) in [5.41, 5.74) is 7.47. The van der Waals surface area contributed by atoms with Crippen LogP contribution in [0.1, 0.15) is 76.9 Å². The van der Waals surface area contributed by atoms with E-state index >= 15 is 0 Å². The number of hydrogen-bond acceptors (Lipinski definition) is 4. The van der Waals surface area contributed by atoms with Crippen LogP contribution in [0.25, 0.3) is 41.5 Å². The van der Waals surface area contributed by atoms with Crippen molar-refractivity contribution in [3.63, 3.8) is 0 Å². The van der Waals surface area contributed by atoms with Crippen molar-refractivity contribution in [2.75, 3.05) is 7.11 Å². The third-order valence-corrected chi connectivity index (χ3v) is 9.33. The zero-order valence-electron chi connectivity index (χ0n) is 25.5. The van der Waals surface area contributed by atoms with E-state index in [0.717, 1.165) is 40.8 Å². The molecule has 1 aliphatic carbocycles. The molecule has 8 bridgehead atoms. The summed E-state index contributed by atoms with van der Waals surface area (Å²) in [4.78, 5) is 41.9. The fourth-order valence-corrected chi connectivity index (χ4v) is 7.02. The maximum absolute atomic E-state index is 13.9. The number of Topliss-reactive ketones (excluding diaryl/α,β-unsaturated/α-hetero) is 1. The van der Waals surface area contributed by atoms with E-state index < -0.39 is 17.9 Å². The smallest absolute Gasteiger partial charge is 0.681 e. The number of methoxy groups -OCH3 is 1. The number of aliphatic hydroxyl groups is 1. The Bertz CT molecular complexity index is 1950. The van der Waals surface area contributed by atoms with Gasteiger partial charge in [0.1, 0.15) is 5.92 Å². The molecule has 0 spiro atoms. The number of esters is 1. The van der Waals surface area contributed by atoms with Crippen LogP contribution in [0.5, 0.6) is 0 Å². The molecule has 3 aromatic rings. The fraction of sp³-hybridized carbons (Fsp3) is 0.353. The topological polar surface area (TPSA) is 120 Å². The normalized spacial score (nSPS) is 25.2. The molecule has 3 aliphatic rings. The molecule has 4 atom stereocenters. The molecule has 0 saturated carbocycles. The molecule has 3 aromatic heterocycles. The summed E-state index contributed by atoms with van der Waals surface area (Å²) >= 11 is 0. The molecule has 43 heavy (non-hydrogen) atoms. The number of ether oxygens (including phenoxy) is 1. The van der Waals surface area contributed by atoms with Crippen molar-refractivity contribution in [3.05, 3.63) is 83.8 Å². The molecule has 0 radical (unpaired) electrons. The van der Waals surface area contributed by atoms with Crippen LogP contribution in [-0.2, 0) is 16.0 Å². The Labute approximate surface area is 266 Å². The number of rotatable bonds is 4. The molecular weight excluding hydrogens is 553 g/mol. The van der Waals surface area contributed by atoms with E-state index in [1.54, 1.807) is 6.08 Å². The van der Waals surface area contributed by atoms with E-state index in [1.165, 1.54) is 7.11 Å². The second-order valence-corrected chi connectivity index (χ2v) is 11.3. The second kappa shape index (κ2) is 11.4. The van der Waals surface area contributed by atoms with E-state index in [-0.39, 0.29) is 40.7 Å². The van der Waals surface area contributed by atoms with Crippen LogP contribution in [-0.4, -0.2) is 53.1 Å². The van der Waals surface area contributed by atoms with Gasteiger partial charge in [0, 0.05) is 5.56 Å². The standard InChI is InChI=1S/C34H34N4O4.Mg/c1-8-18-15(4)22-11-23-16(5)19(9-2)31(37-23)29-30(34(41)42-7)33(40)28-17(6)24(38-32(28)29)12-26-20(10-3)21(14-39)27(36-26)13-25(18)35-22;/h8,11-14,16,19,30-31H,1,9-10H2,2-7H3,(H,39,40);/q-4;+2/b23-11+,27-13-;/t16-,19-,30+,31?;/m0./s1. The average molecular weight is 587 g/mol. The number of hydrogen-bond donors (Lipinski definition) is 1. The molecular formula is C34H34MgN4O4-2.